The van der Waals surface area contributed by atoms with Crippen molar-refractivity contribution in [2.45, 2.75) is 13.3 Å². The number of para-hydroxylation sites is 1. The molecule has 0 saturated carbocycles. The first-order valence-electron chi connectivity index (χ1n) is 10.2. The third-order valence-corrected chi connectivity index (χ3v) is 4.59. The van der Waals surface area contributed by atoms with Gasteiger partial charge in [0.2, 0.25) is 0 Å². The van der Waals surface area contributed by atoms with Gasteiger partial charge in [0.15, 0.2) is 5.76 Å². The molecule has 0 amide bonds. The maximum absolute atomic E-state index is 12.8. The number of nitrogens with zero attached hydrogens (tertiary/aromatic N) is 1. The molecule has 0 aliphatic rings. The summed E-state index contributed by atoms with van der Waals surface area (Å²) >= 11 is 0. The average molecular weight is 417 g/mol. The molecule has 0 aliphatic carbocycles. The lowest BCUT2D eigenvalue weighted by molar-refractivity contribution is 0.0452. The Hall–Kier alpha value is -3.80. The number of rotatable bonds is 9. The second-order valence-electron chi connectivity index (χ2n) is 6.85. The van der Waals surface area contributed by atoms with Gasteiger partial charge in [-0.05, 0) is 55.0 Å². The summed E-state index contributed by atoms with van der Waals surface area (Å²) in [6, 6.07) is 20.1. The zero-order valence-electron chi connectivity index (χ0n) is 17.2. The van der Waals surface area contributed by atoms with Crippen molar-refractivity contribution in [1.82, 2.24) is 4.98 Å². The molecule has 2 aromatic heterocycles. The lowest BCUT2D eigenvalue weighted by Gasteiger charge is -2.10. The molecular formula is C25H23NO5. The van der Waals surface area contributed by atoms with Crippen LogP contribution in [0.3, 0.4) is 0 Å². The van der Waals surface area contributed by atoms with Gasteiger partial charge in [-0.2, -0.15) is 0 Å². The molecule has 4 aromatic rings. The lowest BCUT2D eigenvalue weighted by Crippen LogP contribution is -2.13. The molecule has 158 valence electrons. The minimum Gasteiger partial charge on any atom is -0.494 e. The quantitative estimate of drug-likeness (QED) is 0.264. The number of pyridine rings is 1. The Bertz CT molecular complexity index is 1140. The monoisotopic (exact) mass is 417 g/mol. The van der Waals surface area contributed by atoms with Crippen LogP contribution in [0.5, 0.6) is 11.5 Å². The molecule has 0 unspecified atom stereocenters. The molecule has 0 N–H and O–H groups in total. The van der Waals surface area contributed by atoms with Crippen LogP contribution in [-0.2, 0) is 4.74 Å². The molecule has 2 aromatic carbocycles. The summed E-state index contributed by atoms with van der Waals surface area (Å²) in [5, 5.41) is 0.728. The number of esters is 1. The standard InChI is InChI=1S/C25H23NO5/c1-2-13-28-18-9-11-19(12-10-18)29-15-16-31-25(27)21-17-23(24-8-5-14-30-24)26-22-7-4-3-6-20(21)22/h3-12,14,17H,2,13,15-16H2,1H3. The first-order chi connectivity index (χ1) is 15.2. The third-order valence-electron chi connectivity index (χ3n) is 4.59. The summed E-state index contributed by atoms with van der Waals surface area (Å²) in [5.74, 6) is 1.65. The fourth-order valence-corrected chi connectivity index (χ4v) is 3.12. The van der Waals surface area contributed by atoms with Crippen molar-refractivity contribution in [2.75, 3.05) is 19.8 Å². The van der Waals surface area contributed by atoms with E-state index in [1.165, 1.54) is 0 Å². The van der Waals surface area contributed by atoms with E-state index in [0.717, 1.165) is 17.6 Å². The van der Waals surface area contributed by atoms with E-state index < -0.39 is 5.97 Å². The van der Waals surface area contributed by atoms with Crippen molar-refractivity contribution in [3.8, 4) is 23.0 Å². The highest BCUT2D eigenvalue weighted by atomic mass is 16.6. The summed E-state index contributed by atoms with van der Waals surface area (Å²) < 4.78 is 22.1. The predicted molar refractivity (Wildman–Crippen MR) is 117 cm³/mol. The van der Waals surface area contributed by atoms with Gasteiger partial charge < -0.3 is 18.6 Å². The van der Waals surface area contributed by atoms with Crippen LogP contribution in [0.25, 0.3) is 22.4 Å². The number of furan rings is 1. The largest absolute Gasteiger partial charge is 0.494 e. The summed E-state index contributed by atoms with van der Waals surface area (Å²) in [7, 11) is 0. The average Bonchev–Trinajstić information content (AvgIpc) is 3.35. The number of benzene rings is 2. The lowest BCUT2D eigenvalue weighted by atomic mass is 10.1. The number of ether oxygens (including phenoxy) is 3. The van der Waals surface area contributed by atoms with Crippen molar-refractivity contribution in [3.05, 3.63) is 78.6 Å². The number of carbonyl (C=O) groups excluding carboxylic acids is 1. The van der Waals surface area contributed by atoms with Crippen molar-refractivity contribution in [2.24, 2.45) is 0 Å². The highest BCUT2D eigenvalue weighted by Crippen LogP contribution is 2.25. The number of hydrogen-bond acceptors (Lipinski definition) is 6. The Balaban J connectivity index is 1.39. The predicted octanol–water partition coefficient (Wildman–Crippen LogP) is 5.52. The zero-order chi connectivity index (χ0) is 21.5. The Morgan fingerprint density at radius 2 is 1.65 bits per heavy atom. The normalized spacial score (nSPS) is 10.7. The van der Waals surface area contributed by atoms with E-state index in [9.17, 15) is 4.79 Å². The first-order valence-corrected chi connectivity index (χ1v) is 10.2. The van der Waals surface area contributed by atoms with Gasteiger partial charge in [0.25, 0.3) is 0 Å². The Morgan fingerprint density at radius 3 is 2.35 bits per heavy atom. The highest BCUT2D eigenvalue weighted by Gasteiger charge is 2.16. The van der Waals surface area contributed by atoms with Crippen molar-refractivity contribution in [1.29, 1.82) is 0 Å². The van der Waals surface area contributed by atoms with Gasteiger partial charge >= 0.3 is 5.97 Å². The van der Waals surface area contributed by atoms with Crippen molar-refractivity contribution < 1.29 is 23.4 Å². The van der Waals surface area contributed by atoms with E-state index in [0.29, 0.717) is 34.9 Å². The highest BCUT2D eigenvalue weighted by molar-refractivity contribution is 6.04. The van der Waals surface area contributed by atoms with Crippen LogP contribution in [0.1, 0.15) is 23.7 Å². The van der Waals surface area contributed by atoms with Gasteiger partial charge in [0.1, 0.15) is 30.4 Å². The third kappa shape index (κ3) is 5.04. The SMILES string of the molecule is CCCOc1ccc(OCCOC(=O)c2cc(-c3ccco3)nc3ccccc23)cc1. The maximum atomic E-state index is 12.8. The molecule has 0 atom stereocenters. The van der Waals surface area contributed by atoms with Gasteiger partial charge in [-0.3, -0.25) is 0 Å². The van der Waals surface area contributed by atoms with Crippen molar-refractivity contribution in [3.63, 3.8) is 0 Å². The van der Waals surface area contributed by atoms with E-state index in [2.05, 4.69) is 11.9 Å². The molecule has 6 heteroatoms. The van der Waals surface area contributed by atoms with E-state index in [4.69, 9.17) is 18.6 Å². The smallest absolute Gasteiger partial charge is 0.339 e. The molecule has 0 spiro atoms. The van der Waals surface area contributed by atoms with Gasteiger partial charge in [-0.15, -0.1) is 0 Å². The van der Waals surface area contributed by atoms with Gasteiger partial charge in [0.05, 0.1) is 24.0 Å². The molecular weight excluding hydrogens is 394 g/mol. The number of hydrogen-bond donors (Lipinski definition) is 0. The fourth-order valence-electron chi connectivity index (χ4n) is 3.12. The van der Waals surface area contributed by atoms with Crippen LogP contribution in [-0.4, -0.2) is 30.8 Å². The molecule has 0 saturated heterocycles. The van der Waals surface area contributed by atoms with Crippen LogP contribution >= 0.6 is 0 Å². The van der Waals surface area contributed by atoms with Crippen LogP contribution in [0.15, 0.2) is 77.4 Å². The van der Waals surface area contributed by atoms with Gasteiger partial charge in [-0.25, -0.2) is 9.78 Å². The van der Waals surface area contributed by atoms with Gasteiger partial charge in [-0.1, -0.05) is 25.1 Å². The minimum atomic E-state index is -0.432. The van der Waals surface area contributed by atoms with Crippen LogP contribution < -0.4 is 9.47 Å². The first kappa shape index (κ1) is 20.5. The van der Waals surface area contributed by atoms with Crippen LogP contribution in [0, 0.1) is 0 Å². The zero-order valence-corrected chi connectivity index (χ0v) is 17.2. The Kier molecular flexibility index (Phi) is 6.47. The second-order valence-corrected chi connectivity index (χ2v) is 6.85. The molecule has 0 fully saturated rings. The van der Waals surface area contributed by atoms with E-state index in [-0.39, 0.29) is 13.2 Å². The van der Waals surface area contributed by atoms with Crippen LogP contribution in [0.2, 0.25) is 0 Å². The van der Waals surface area contributed by atoms with E-state index in [1.54, 1.807) is 24.5 Å². The Morgan fingerprint density at radius 1 is 0.903 bits per heavy atom. The number of fused-ring (bicyclic) bond motifs is 1. The van der Waals surface area contributed by atoms with Crippen molar-refractivity contribution >= 4 is 16.9 Å². The van der Waals surface area contributed by atoms with Crippen LogP contribution in [0.4, 0.5) is 0 Å². The number of carbonyl (C=O) groups is 1. The topological polar surface area (TPSA) is 70.8 Å². The minimum absolute atomic E-state index is 0.125. The van der Waals surface area contributed by atoms with E-state index >= 15 is 0 Å². The molecule has 6 nitrogen and oxygen atoms in total. The molecule has 31 heavy (non-hydrogen) atoms. The second kappa shape index (κ2) is 9.80. The van der Waals surface area contributed by atoms with E-state index in [1.807, 2.05) is 48.5 Å². The Labute approximate surface area is 180 Å². The van der Waals surface area contributed by atoms with Gasteiger partial charge in [0, 0.05) is 5.39 Å². The molecule has 0 radical (unpaired) electrons. The summed E-state index contributed by atoms with van der Waals surface area (Å²) in [6.07, 6.45) is 2.53. The summed E-state index contributed by atoms with van der Waals surface area (Å²) in [5.41, 5.74) is 1.72. The number of aromatic nitrogens is 1. The summed E-state index contributed by atoms with van der Waals surface area (Å²) in [4.78, 5) is 17.4. The molecule has 0 bridgehead atoms. The molecule has 2 heterocycles. The molecule has 4 rings (SSSR count). The maximum Gasteiger partial charge on any atom is 0.339 e. The summed E-state index contributed by atoms with van der Waals surface area (Å²) in [6.45, 7) is 3.11. The molecule has 0 aliphatic heterocycles. The fraction of sp³-hybridized carbons (Fsp3) is 0.200.